The highest BCUT2D eigenvalue weighted by Crippen LogP contribution is 2.19. The van der Waals surface area contributed by atoms with E-state index in [4.69, 9.17) is 0 Å². The average Bonchev–Trinajstić information content (AvgIpc) is 2.34. The second kappa shape index (κ2) is 5.48. The van der Waals surface area contributed by atoms with E-state index >= 15 is 0 Å². The highest BCUT2D eigenvalue weighted by molar-refractivity contribution is 7.89. The monoisotopic (exact) mass is 294 g/mol. The molecule has 8 heteroatoms. The first-order valence-electron chi connectivity index (χ1n) is 5.78. The van der Waals surface area contributed by atoms with Crippen molar-refractivity contribution < 1.29 is 21.6 Å². The van der Waals surface area contributed by atoms with Crippen LogP contribution in [0.15, 0.2) is 17.0 Å². The maximum absolute atomic E-state index is 13.4. The topological polar surface area (TPSA) is 58.2 Å². The molecular weight excluding hydrogens is 281 g/mol. The van der Waals surface area contributed by atoms with Gasteiger partial charge in [-0.2, -0.15) is 0 Å². The largest absolute Gasteiger partial charge is 0.315 e. The number of hydrogen-bond donors (Lipinski definition) is 2. The quantitative estimate of drug-likeness (QED) is 0.822. The Labute approximate surface area is 109 Å². The third-order valence-electron chi connectivity index (χ3n) is 2.88. The molecule has 1 aliphatic rings. The summed E-state index contributed by atoms with van der Waals surface area (Å²) in [6.07, 6.45) is 1.39. The van der Waals surface area contributed by atoms with Crippen molar-refractivity contribution in [2.75, 3.05) is 13.1 Å². The summed E-state index contributed by atoms with van der Waals surface area (Å²) in [5.41, 5.74) is 0. The molecule has 1 aromatic carbocycles. The number of piperidine rings is 1. The standard InChI is InChI=1S/C11H13F3N2O2S/c12-8-4-10(14)11(5-9(8)13)19(17,18)16-7-2-1-3-15-6-7/h4-5,7,15-16H,1-3,6H2/t7-/m1/s1. The van der Waals surface area contributed by atoms with Crippen LogP contribution < -0.4 is 10.0 Å². The SMILES string of the molecule is O=S(=O)(N[C@@H]1CCCNC1)c1cc(F)c(F)cc1F. The van der Waals surface area contributed by atoms with Crippen LogP contribution in [0, 0.1) is 17.5 Å². The molecule has 0 spiro atoms. The molecule has 0 unspecified atom stereocenters. The zero-order valence-electron chi connectivity index (χ0n) is 9.92. The van der Waals surface area contributed by atoms with Crippen LogP contribution in [0.25, 0.3) is 0 Å². The molecule has 19 heavy (non-hydrogen) atoms. The number of benzene rings is 1. The van der Waals surface area contributed by atoms with E-state index in [0.717, 1.165) is 13.0 Å². The van der Waals surface area contributed by atoms with Gasteiger partial charge in [0.25, 0.3) is 0 Å². The minimum absolute atomic E-state index is 0.225. The van der Waals surface area contributed by atoms with Gasteiger partial charge in [-0.3, -0.25) is 0 Å². The highest BCUT2D eigenvalue weighted by Gasteiger charge is 2.26. The van der Waals surface area contributed by atoms with Crippen LogP contribution >= 0.6 is 0 Å². The molecular formula is C11H13F3N2O2S. The van der Waals surface area contributed by atoms with E-state index < -0.39 is 32.4 Å². The van der Waals surface area contributed by atoms with Gasteiger partial charge in [0.05, 0.1) is 0 Å². The van der Waals surface area contributed by atoms with Crippen LogP contribution in [0.1, 0.15) is 12.8 Å². The van der Waals surface area contributed by atoms with E-state index in [1.165, 1.54) is 0 Å². The first-order valence-corrected chi connectivity index (χ1v) is 7.26. The number of halogens is 3. The van der Waals surface area contributed by atoms with Crippen molar-refractivity contribution in [3.05, 3.63) is 29.6 Å². The molecule has 0 bridgehead atoms. The van der Waals surface area contributed by atoms with E-state index in [-0.39, 0.29) is 12.1 Å². The normalized spacial score (nSPS) is 20.5. The van der Waals surface area contributed by atoms with Crippen LogP contribution in [0.4, 0.5) is 13.2 Å². The van der Waals surface area contributed by atoms with Gasteiger partial charge in [-0.1, -0.05) is 0 Å². The van der Waals surface area contributed by atoms with Crippen molar-refractivity contribution in [2.24, 2.45) is 0 Å². The number of nitrogens with one attached hydrogen (secondary N) is 2. The van der Waals surface area contributed by atoms with Gasteiger partial charge in [0.15, 0.2) is 11.6 Å². The van der Waals surface area contributed by atoms with Crippen molar-refractivity contribution >= 4 is 10.0 Å². The summed E-state index contributed by atoms with van der Waals surface area (Å²) in [6, 6.07) is 0.193. The van der Waals surface area contributed by atoms with E-state index in [2.05, 4.69) is 10.0 Å². The number of rotatable bonds is 3. The van der Waals surface area contributed by atoms with Gasteiger partial charge in [0, 0.05) is 18.7 Å². The molecule has 1 heterocycles. The van der Waals surface area contributed by atoms with Gasteiger partial charge in [0.1, 0.15) is 10.7 Å². The summed E-state index contributed by atoms with van der Waals surface area (Å²) in [5, 5.41) is 2.99. The zero-order valence-corrected chi connectivity index (χ0v) is 10.7. The molecule has 2 N–H and O–H groups in total. The molecule has 0 aliphatic carbocycles. The van der Waals surface area contributed by atoms with E-state index in [1.54, 1.807) is 0 Å². The smallest absolute Gasteiger partial charge is 0.243 e. The fourth-order valence-corrected chi connectivity index (χ4v) is 3.29. The second-order valence-electron chi connectivity index (χ2n) is 4.36. The molecule has 0 saturated carbocycles. The van der Waals surface area contributed by atoms with Crippen LogP contribution in [0.5, 0.6) is 0 Å². The minimum atomic E-state index is -4.20. The summed E-state index contributed by atoms with van der Waals surface area (Å²) in [6.45, 7) is 1.21. The molecule has 1 saturated heterocycles. The Morgan fingerprint density at radius 1 is 1.16 bits per heavy atom. The van der Waals surface area contributed by atoms with Crippen molar-refractivity contribution in [1.82, 2.24) is 10.0 Å². The van der Waals surface area contributed by atoms with Gasteiger partial charge in [-0.15, -0.1) is 0 Å². The Balaban J connectivity index is 2.26. The van der Waals surface area contributed by atoms with Crippen molar-refractivity contribution in [2.45, 2.75) is 23.8 Å². The second-order valence-corrected chi connectivity index (χ2v) is 6.04. The lowest BCUT2D eigenvalue weighted by Crippen LogP contribution is -2.45. The Kier molecular flexibility index (Phi) is 4.12. The third kappa shape index (κ3) is 3.26. The molecule has 4 nitrogen and oxygen atoms in total. The summed E-state index contributed by atoms with van der Waals surface area (Å²) in [5.74, 6) is -4.13. The summed E-state index contributed by atoms with van der Waals surface area (Å²) in [7, 11) is -4.20. The molecule has 1 aliphatic heterocycles. The molecule has 1 atom stereocenters. The van der Waals surface area contributed by atoms with Crippen LogP contribution in [0.3, 0.4) is 0 Å². The minimum Gasteiger partial charge on any atom is -0.315 e. The lowest BCUT2D eigenvalue weighted by Gasteiger charge is -2.23. The fraction of sp³-hybridized carbons (Fsp3) is 0.455. The Morgan fingerprint density at radius 2 is 1.84 bits per heavy atom. The highest BCUT2D eigenvalue weighted by atomic mass is 32.2. The van der Waals surface area contributed by atoms with Crippen LogP contribution in [-0.4, -0.2) is 27.5 Å². The molecule has 1 fully saturated rings. The average molecular weight is 294 g/mol. The molecule has 0 aromatic heterocycles. The summed E-state index contributed by atoms with van der Waals surface area (Å²) < 4.78 is 65.3. The Morgan fingerprint density at radius 3 is 2.47 bits per heavy atom. The molecule has 0 amide bonds. The predicted molar refractivity (Wildman–Crippen MR) is 62.5 cm³/mol. The van der Waals surface area contributed by atoms with Crippen molar-refractivity contribution in [1.29, 1.82) is 0 Å². The maximum atomic E-state index is 13.4. The third-order valence-corrected chi connectivity index (χ3v) is 4.42. The Hall–Kier alpha value is -1.12. The van der Waals surface area contributed by atoms with Gasteiger partial charge in [-0.25, -0.2) is 26.3 Å². The Bertz CT molecular complexity index is 572. The van der Waals surface area contributed by atoms with Crippen molar-refractivity contribution in [3.63, 3.8) is 0 Å². The molecule has 1 aromatic rings. The zero-order chi connectivity index (χ0) is 14.0. The first-order chi connectivity index (χ1) is 8.90. The van der Waals surface area contributed by atoms with E-state index in [1.807, 2.05) is 0 Å². The first kappa shape index (κ1) is 14.3. The maximum Gasteiger partial charge on any atom is 0.243 e. The van der Waals surface area contributed by atoms with Crippen LogP contribution in [-0.2, 0) is 10.0 Å². The van der Waals surface area contributed by atoms with Crippen molar-refractivity contribution in [3.8, 4) is 0 Å². The van der Waals surface area contributed by atoms with Gasteiger partial charge in [-0.05, 0) is 25.5 Å². The van der Waals surface area contributed by atoms with Gasteiger partial charge in [0.2, 0.25) is 10.0 Å². The summed E-state index contributed by atoms with van der Waals surface area (Å²) in [4.78, 5) is -0.878. The summed E-state index contributed by atoms with van der Waals surface area (Å²) >= 11 is 0. The van der Waals surface area contributed by atoms with Gasteiger partial charge >= 0.3 is 0 Å². The molecule has 106 valence electrons. The van der Waals surface area contributed by atoms with Gasteiger partial charge < -0.3 is 5.32 Å². The van der Waals surface area contributed by atoms with E-state index in [0.29, 0.717) is 19.0 Å². The van der Waals surface area contributed by atoms with Crippen LogP contribution in [0.2, 0.25) is 0 Å². The lowest BCUT2D eigenvalue weighted by molar-refractivity contribution is 0.426. The number of sulfonamides is 1. The molecule has 2 rings (SSSR count). The fourth-order valence-electron chi connectivity index (χ4n) is 1.95. The predicted octanol–water partition coefficient (Wildman–Crippen LogP) is 1.13. The lowest BCUT2D eigenvalue weighted by atomic mass is 10.1. The molecule has 0 radical (unpaired) electrons. The van der Waals surface area contributed by atoms with E-state index in [9.17, 15) is 21.6 Å². The number of hydrogen-bond acceptors (Lipinski definition) is 3.